The lowest BCUT2D eigenvalue weighted by molar-refractivity contribution is -0.123. The third-order valence-electron chi connectivity index (χ3n) is 2.19. The highest BCUT2D eigenvalue weighted by atomic mass is 16.5. The maximum atomic E-state index is 11.3. The molecular formula is C12H17NO3. The number of nitrogens with one attached hydrogen (secondary N) is 1. The van der Waals surface area contributed by atoms with Crippen molar-refractivity contribution in [3.8, 4) is 5.75 Å². The normalized spacial score (nSPS) is 9.94. The highest BCUT2D eigenvalue weighted by molar-refractivity contribution is 5.77. The van der Waals surface area contributed by atoms with E-state index in [1.165, 1.54) is 0 Å². The van der Waals surface area contributed by atoms with E-state index < -0.39 is 0 Å². The van der Waals surface area contributed by atoms with Crippen LogP contribution >= 0.6 is 0 Å². The third-order valence-corrected chi connectivity index (χ3v) is 2.19. The predicted octanol–water partition coefficient (Wildman–Crippen LogP) is 0.791. The molecule has 0 saturated heterocycles. The van der Waals surface area contributed by atoms with Crippen LogP contribution in [-0.4, -0.2) is 30.8 Å². The zero-order chi connectivity index (χ0) is 12.0. The number of ether oxygens (including phenoxy) is 1. The van der Waals surface area contributed by atoms with Crippen molar-refractivity contribution in [1.82, 2.24) is 5.32 Å². The predicted molar refractivity (Wildman–Crippen MR) is 61.5 cm³/mol. The lowest BCUT2D eigenvalue weighted by atomic mass is 10.1. The number of benzene rings is 1. The number of hydrogen-bond donors (Lipinski definition) is 2. The number of aryl methyl sites for hydroxylation is 2. The number of amides is 1. The Hall–Kier alpha value is -1.55. The van der Waals surface area contributed by atoms with Crippen LogP contribution in [0.5, 0.6) is 5.75 Å². The number of rotatable bonds is 5. The standard InChI is InChI=1S/C12H17NO3/c1-9-4-3-5-10(2)12(9)16-8-11(15)13-6-7-14/h3-5,14H,6-8H2,1-2H3,(H,13,15). The molecule has 2 N–H and O–H groups in total. The molecule has 0 unspecified atom stereocenters. The van der Waals surface area contributed by atoms with Gasteiger partial charge in [-0.2, -0.15) is 0 Å². The van der Waals surface area contributed by atoms with Gasteiger partial charge in [0.1, 0.15) is 5.75 Å². The molecule has 4 nitrogen and oxygen atoms in total. The minimum atomic E-state index is -0.225. The molecule has 0 radical (unpaired) electrons. The smallest absolute Gasteiger partial charge is 0.258 e. The van der Waals surface area contributed by atoms with Gasteiger partial charge in [0.2, 0.25) is 0 Å². The van der Waals surface area contributed by atoms with Crippen molar-refractivity contribution < 1.29 is 14.6 Å². The maximum absolute atomic E-state index is 11.3. The van der Waals surface area contributed by atoms with Gasteiger partial charge in [0.05, 0.1) is 6.61 Å². The minimum absolute atomic E-state index is 0.0221. The van der Waals surface area contributed by atoms with Gasteiger partial charge in [0, 0.05) is 6.54 Å². The average Bonchev–Trinajstić information content (AvgIpc) is 2.25. The van der Waals surface area contributed by atoms with Crippen molar-refractivity contribution in [1.29, 1.82) is 0 Å². The fraction of sp³-hybridized carbons (Fsp3) is 0.417. The van der Waals surface area contributed by atoms with Crippen molar-refractivity contribution in [3.05, 3.63) is 29.3 Å². The monoisotopic (exact) mass is 223 g/mol. The Morgan fingerprint density at radius 3 is 2.56 bits per heavy atom. The fourth-order valence-corrected chi connectivity index (χ4v) is 1.41. The Bertz CT molecular complexity index is 343. The van der Waals surface area contributed by atoms with E-state index in [4.69, 9.17) is 9.84 Å². The van der Waals surface area contributed by atoms with Gasteiger partial charge in [0.25, 0.3) is 5.91 Å². The molecule has 0 spiro atoms. The van der Waals surface area contributed by atoms with Gasteiger partial charge in [0.15, 0.2) is 6.61 Å². The summed E-state index contributed by atoms with van der Waals surface area (Å²) in [6.07, 6.45) is 0. The number of carbonyl (C=O) groups is 1. The average molecular weight is 223 g/mol. The number of hydrogen-bond acceptors (Lipinski definition) is 3. The Balaban J connectivity index is 2.51. The van der Waals surface area contributed by atoms with Crippen LogP contribution in [-0.2, 0) is 4.79 Å². The Morgan fingerprint density at radius 1 is 1.38 bits per heavy atom. The number of carbonyl (C=O) groups excluding carboxylic acids is 1. The van der Waals surface area contributed by atoms with Crippen molar-refractivity contribution in [3.63, 3.8) is 0 Å². The molecule has 0 aliphatic rings. The molecule has 0 heterocycles. The van der Waals surface area contributed by atoms with Crippen LogP contribution < -0.4 is 10.1 Å². The van der Waals surface area contributed by atoms with E-state index in [-0.39, 0.29) is 25.7 Å². The second-order valence-electron chi connectivity index (χ2n) is 3.58. The molecule has 16 heavy (non-hydrogen) atoms. The summed E-state index contributed by atoms with van der Waals surface area (Å²) in [5.74, 6) is 0.526. The van der Waals surface area contributed by atoms with Gasteiger partial charge < -0.3 is 15.2 Å². The van der Waals surface area contributed by atoms with Crippen molar-refractivity contribution in [2.45, 2.75) is 13.8 Å². The molecule has 0 aliphatic carbocycles. The van der Waals surface area contributed by atoms with E-state index >= 15 is 0 Å². The van der Waals surface area contributed by atoms with E-state index in [2.05, 4.69) is 5.32 Å². The van der Waals surface area contributed by atoms with Crippen molar-refractivity contribution in [2.24, 2.45) is 0 Å². The molecule has 0 atom stereocenters. The zero-order valence-corrected chi connectivity index (χ0v) is 9.62. The molecule has 1 aromatic carbocycles. The molecular weight excluding hydrogens is 206 g/mol. The van der Waals surface area contributed by atoms with Crippen molar-refractivity contribution in [2.75, 3.05) is 19.8 Å². The molecule has 0 saturated carbocycles. The fourth-order valence-electron chi connectivity index (χ4n) is 1.41. The first-order valence-electron chi connectivity index (χ1n) is 5.21. The summed E-state index contributed by atoms with van der Waals surface area (Å²) in [7, 11) is 0. The summed E-state index contributed by atoms with van der Waals surface area (Å²) in [6.45, 7) is 4.05. The molecule has 1 amide bonds. The molecule has 0 bridgehead atoms. The van der Waals surface area contributed by atoms with E-state index in [0.717, 1.165) is 16.9 Å². The molecule has 1 aromatic rings. The van der Waals surface area contributed by atoms with Crippen LogP contribution in [0.3, 0.4) is 0 Å². The van der Waals surface area contributed by atoms with Crippen LogP contribution in [0.1, 0.15) is 11.1 Å². The Labute approximate surface area is 95.2 Å². The van der Waals surface area contributed by atoms with Gasteiger partial charge in [-0.1, -0.05) is 18.2 Å². The lowest BCUT2D eigenvalue weighted by Gasteiger charge is -2.11. The van der Waals surface area contributed by atoms with Crippen LogP contribution in [0, 0.1) is 13.8 Å². The molecule has 4 heteroatoms. The van der Waals surface area contributed by atoms with Gasteiger partial charge >= 0.3 is 0 Å². The summed E-state index contributed by atoms with van der Waals surface area (Å²) >= 11 is 0. The molecule has 0 aliphatic heterocycles. The van der Waals surface area contributed by atoms with Crippen LogP contribution in [0.4, 0.5) is 0 Å². The van der Waals surface area contributed by atoms with Gasteiger partial charge in [-0.05, 0) is 25.0 Å². The van der Waals surface area contributed by atoms with E-state index in [1.54, 1.807) is 0 Å². The number of aliphatic hydroxyl groups is 1. The van der Waals surface area contributed by atoms with Gasteiger partial charge in [-0.3, -0.25) is 4.79 Å². The van der Waals surface area contributed by atoms with Gasteiger partial charge in [-0.25, -0.2) is 0 Å². The number of aliphatic hydroxyl groups excluding tert-OH is 1. The Morgan fingerprint density at radius 2 is 2.00 bits per heavy atom. The van der Waals surface area contributed by atoms with Crippen LogP contribution in [0.25, 0.3) is 0 Å². The van der Waals surface area contributed by atoms with Crippen LogP contribution in [0.2, 0.25) is 0 Å². The molecule has 1 rings (SSSR count). The first-order chi connectivity index (χ1) is 7.65. The number of para-hydroxylation sites is 1. The second kappa shape index (κ2) is 6.12. The summed E-state index contributed by atoms with van der Waals surface area (Å²) in [4.78, 5) is 11.3. The minimum Gasteiger partial charge on any atom is -0.483 e. The highest BCUT2D eigenvalue weighted by Crippen LogP contribution is 2.21. The molecule has 0 fully saturated rings. The van der Waals surface area contributed by atoms with Gasteiger partial charge in [-0.15, -0.1) is 0 Å². The quantitative estimate of drug-likeness (QED) is 0.776. The summed E-state index contributed by atoms with van der Waals surface area (Å²) in [6, 6.07) is 5.82. The Kier molecular flexibility index (Phi) is 4.79. The first kappa shape index (κ1) is 12.5. The lowest BCUT2D eigenvalue weighted by Crippen LogP contribution is -2.31. The first-order valence-corrected chi connectivity index (χ1v) is 5.21. The zero-order valence-electron chi connectivity index (χ0n) is 9.62. The highest BCUT2D eigenvalue weighted by Gasteiger charge is 2.06. The molecule has 88 valence electrons. The summed E-state index contributed by atoms with van der Waals surface area (Å²) in [5.41, 5.74) is 2.02. The largest absolute Gasteiger partial charge is 0.483 e. The maximum Gasteiger partial charge on any atom is 0.258 e. The summed E-state index contributed by atoms with van der Waals surface area (Å²) < 4.78 is 5.43. The topological polar surface area (TPSA) is 58.6 Å². The van der Waals surface area contributed by atoms with E-state index in [0.29, 0.717) is 0 Å². The second-order valence-corrected chi connectivity index (χ2v) is 3.58. The molecule has 0 aromatic heterocycles. The van der Waals surface area contributed by atoms with Crippen molar-refractivity contribution >= 4 is 5.91 Å². The van der Waals surface area contributed by atoms with Crippen LogP contribution in [0.15, 0.2) is 18.2 Å². The van der Waals surface area contributed by atoms with E-state index in [1.807, 2.05) is 32.0 Å². The third kappa shape index (κ3) is 3.55. The summed E-state index contributed by atoms with van der Waals surface area (Å²) in [5, 5.41) is 11.1. The van der Waals surface area contributed by atoms with E-state index in [9.17, 15) is 4.79 Å². The SMILES string of the molecule is Cc1cccc(C)c1OCC(=O)NCCO.